The molecule has 2 aliphatic heterocycles. The largest absolute Gasteiger partial charge is 0.491 e. The number of hydrogen-bond acceptors (Lipinski definition) is 4. The zero-order valence-electron chi connectivity index (χ0n) is 21.5. The van der Waals surface area contributed by atoms with E-state index in [2.05, 4.69) is 6.07 Å². The molecule has 1 unspecified atom stereocenters. The van der Waals surface area contributed by atoms with E-state index in [0.717, 1.165) is 30.5 Å². The molecular formula is C29H34FN3O4. The number of morpholine rings is 1. The van der Waals surface area contributed by atoms with Gasteiger partial charge in [-0.1, -0.05) is 18.2 Å². The van der Waals surface area contributed by atoms with Crippen LogP contribution in [-0.2, 0) is 23.0 Å². The zero-order chi connectivity index (χ0) is 26.0. The average molecular weight is 508 g/mol. The van der Waals surface area contributed by atoms with Crippen molar-refractivity contribution in [2.45, 2.75) is 38.2 Å². The quantitative estimate of drug-likeness (QED) is 0.522. The number of carbonyl (C=O) groups is 2. The fraction of sp³-hybridized carbons (Fsp3) is 0.448. The van der Waals surface area contributed by atoms with Gasteiger partial charge in [-0.05, 0) is 68.5 Å². The lowest BCUT2D eigenvalue weighted by Crippen LogP contribution is -2.62. The first-order valence-corrected chi connectivity index (χ1v) is 13.1. The van der Waals surface area contributed by atoms with Gasteiger partial charge < -0.3 is 23.8 Å². The highest BCUT2D eigenvalue weighted by atomic mass is 19.1. The SMILES string of the molecule is CCN1CCOc2ccccc2CCCCC2(CN(C(=O)c3cc4cc(F)ccc4n3C)CCO2)C1=O. The maximum absolute atomic E-state index is 13.9. The molecule has 5 rings (SSSR count). The highest BCUT2D eigenvalue weighted by molar-refractivity contribution is 5.99. The summed E-state index contributed by atoms with van der Waals surface area (Å²) in [6.45, 7) is 4.18. The van der Waals surface area contributed by atoms with Gasteiger partial charge in [0.1, 0.15) is 23.9 Å². The minimum atomic E-state index is -1.10. The summed E-state index contributed by atoms with van der Waals surface area (Å²) in [4.78, 5) is 31.1. The van der Waals surface area contributed by atoms with Crippen LogP contribution in [0.5, 0.6) is 5.75 Å². The molecule has 2 aliphatic rings. The molecule has 0 bridgehead atoms. The molecule has 0 aliphatic carbocycles. The minimum Gasteiger partial charge on any atom is -0.491 e. The Labute approximate surface area is 216 Å². The van der Waals surface area contributed by atoms with Crippen molar-refractivity contribution in [2.24, 2.45) is 7.05 Å². The van der Waals surface area contributed by atoms with Crippen LogP contribution in [0.4, 0.5) is 4.39 Å². The number of ether oxygens (including phenoxy) is 2. The first kappa shape index (κ1) is 25.3. The van der Waals surface area contributed by atoms with Crippen LogP contribution < -0.4 is 4.74 Å². The number of amides is 2. The molecule has 1 spiro atoms. The maximum atomic E-state index is 13.9. The van der Waals surface area contributed by atoms with Crippen molar-refractivity contribution in [2.75, 3.05) is 39.4 Å². The third-order valence-corrected chi connectivity index (χ3v) is 7.62. The second kappa shape index (κ2) is 10.5. The second-order valence-electron chi connectivity index (χ2n) is 9.91. The second-order valence-corrected chi connectivity index (χ2v) is 9.91. The van der Waals surface area contributed by atoms with Gasteiger partial charge in [-0.25, -0.2) is 4.39 Å². The number of rotatable bonds is 2. The Kier molecular flexibility index (Phi) is 7.20. The summed E-state index contributed by atoms with van der Waals surface area (Å²) < 4.78 is 27.9. The van der Waals surface area contributed by atoms with Crippen LogP contribution in [0.2, 0.25) is 0 Å². The molecule has 1 saturated heterocycles. The Morgan fingerprint density at radius 2 is 1.92 bits per heavy atom. The van der Waals surface area contributed by atoms with E-state index >= 15 is 0 Å². The standard InChI is InChI=1S/C29H34FN3O4/c1-3-32-14-16-36-26-10-5-4-8-21(26)9-6-7-13-29(28(32)35)20-33(15-17-37-29)27(34)25-19-22-18-23(30)11-12-24(22)31(25)2/h4-5,8,10-12,18-19H,3,6-7,9,13-17,20H2,1-2H3. The molecule has 8 heteroatoms. The average Bonchev–Trinajstić information content (AvgIpc) is 3.23. The van der Waals surface area contributed by atoms with Crippen LogP contribution in [0.15, 0.2) is 48.5 Å². The number of aryl methyl sites for hydroxylation is 2. The van der Waals surface area contributed by atoms with Crippen LogP contribution in [0.25, 0.3) is 10.9 Å². The number of para-hydroxylation sites is 1. The van der Waals surface area contributed by atoms with Gasteiger partial charge in [0.05, 0.1) is 19.7 Å². The van der Waals surface area contributed by atoms with E-state index in [1.54, 1.807) is 26.5 Å². The van der Waals surface area contributed by atoms with Crippen molar-refractivity contribution in [3.8, 4) is 5.75 Å². The molecule has 0 radical (unpaired) electrons. The lowest BCUT2D eigenvalue weighted by atomic mass is 9.91. The first-order valence-electron chi connectivity index (χ1n) is 13.1. The summed E-state index contributed by atoms with van der Waals surface area (Å²) in [6, 6.07) is 14.3. The number of hydrogen-bond donors (Lipinski definition) is 0. The molecule has 1 fully saturated rings. The normalized spacial score (nSPS) is 21.3. The van der Waals surface area contributed by atoms with Gasteiger partial charge in [-0.15, -0.1) is 0 Å². The maximum Gasteiger partial charge on any atom is 0.270 e. The van der Waals surface area contributed by atoms with Gasteiger partial charge in [-0.3, -0.25) is 9.59 Å². The van der Waals surface area contributed by atoms with Gasteiger partial charge in [0.15, 0.2) is 5.60 Å². The lowest BCUT2D eigenvalue weighted by Gasteiger charge is -2.44. The van der Waals surface area contributed by atoms with Gasteiger partial charge in [-0.2, -0.15) is 0 Å². The van der Waals surface area contributed by atoms with E-state index in [4.69, 9.17) is 9.47 Å². The Bertz CT molecular complexity index is 1310. The van der Waals surface area contributed by atoms with Crippen LogP contribution in [0.1, 0.15) is 42.2 Å². The Morgan fingerprint density at radius 3 is 2.76 bits per heavy atom. The predicted molar refractivity (Wildman–Crippen MR) is 139 cm³/mol. The van der Waals surface area contributed by atoms with Crippen LogP contribution in [0, 0.1) is 5.82 Å². The fourth-order valence-corrected chi connectivity index (χ4v) is 5.57. The zero-order valence-corrected chi connectivity index (χ0v) is 21.5. The van der Waals surface area contributed by atoms with Crippen molar-refractivity contribution >= 4 is 22.7 Å². The monoisotopic (exact) mass is 507 g/mol. The van der Waals surface area contributed by atoms with Gasteiger partial charge in [0.2, 0.25) is 0 Å². The smallest absolute Gasteiger partial charge is 0.270 e. The van der Waals surface area contributed by atoms with E-state index < -0.39 is 5.60 Å². The first-order chi connectivity index (χ1) is 17.9. The number of halogens is 1. The minimum absolute atomic E-state index is 0.0935. The van der Waals surface area contributed by atoms with Crippen LogP contribution in [0.3, 0.4) is 0 Å². The number of fused-ring (bicyclic) bond motifs is 2. The van der Waals surface area contributed by atoms with Crippen molar-refractivity contribution in [3.63, 3.8) is 0 Å². The molecule has 1 atom stereocenters. The molecule has 196 valence electrons. The molecule has 3 aromatic rings. The molecule has 3 heterocycles. The number of likely N-dealkylation sites (N-methyl/N-ethyl adjacent to an activating group) is 1. The highest BCUT2D eigenvalue weighted by Crippen LogP contribution is 2.31. The third kappa shape index (κ3) is 4.94. The molecular weight excluding hydrogens is 473 g/mol. The molecule has 2 aromatic carbocycles. The van der Waals surface area contributed by atoms with Crippen LogP contribution in [-0.4, -0.2) is 71.2 Å². The fourth-order valence-electron chi connectivity index (χ4n) is 5.57. The molecule has 0 N–H and O–H groups in total. The summed E-state index contributed by atoms with van der Waals surface area (Å²) in [5.74, 6) is 0.263. The number of nitrogens with zero attached hydrogens (tertiary/aromatic N) is 3. The third-order valence-electron chi connectivity index (χ3n) is 7.62. The highest BCUT2D eigenvalue weighted by Gasteiger charge is 2.46. The molecule has 1 aromatic heterocycles. The summed E-state index contributed by atoms with van der Waals surface area (Å²) in [6.07, 6.45) is 3.06. The Morgan fingerprint density at radius 1 is 1.08 bits per heavy atom. The van der Waals surface area contributed by atoms with Gasteiger partial charge in [0.25, 0.3) is 11.8 Å². The van der Waals surface area contributed by atoms with E-state index in [1.165, 1.54) is 17.7 Å². The topological polar surface area (TPSA) is 64.0 Å². The van der Waals surface area contributed by atoms with E-state index in [9.17, 15) is 14.0 Å². The van der Waals surface area contributed by atoms with E-state index in [-0.39, 0.29) is 30.8 Å². The predicted octanol–water partition coefficient (Wildman–Crippen LogP) is 4.18. The summed E-state index contributed by atoms with van der Waals surface area (Å²) in [5.41, 5.74) is 1.32. The van der Waals surface area contributed by atoms with Crippen molar-refractivity contribution < 1.29 is 23.5 Å². The molecule has 37 heavy (non-hydrogen) atoms. The van der Waals surface area contributed by atoms with E-state index in [0.29, 0.717) is 43.7 Å². The molecule has 0 saturated carbocycles. The summed E-state index contributed by atoms with van der Waals surface area (Å²) in [5, 5.41) is 0.674. The van der Waals surface area contributed by atoms with Crippen molar-refractivity contribution in [1.29, 1.82) is 0 Å². The molecule has 2 amide bonds. The van der Waals surface area contributed by atoms with Crippen molar-refractivity contribution in [3.05, 3.63) is 65.6 Å². The van der Waals surface area contributed by atoms with Gasteiger partial charge in [0, 0.05) is 31.0 Å². The number of carbonyl (C=O) groups excluding carboxylic acids is 2. The van der Waals surface area contributed by atoms with Crippen LogP contribution >= 0.6 is 0 Å². The van der Waals surface area contributed by atoms with Gasteiger partial charge >= 0.3 is 0 Å². The number of benzene rings is 2. The number of aromatic nitrogens is 1. The van der Waals surface area contributed by atoms with Crippen molar-refractivity contribution in [1.82, 2.24) is 14.4 Å². The molecule has 7 nitrogen and oxygen atoms in total. The Hall–Kier alpha value is -3.39. The summed E-state index contributed by atoms with van der Waals surface area (Å²) in [7, 11) is 1.81. The lowest BCUT2D eigenvalue weighted by molar-refractivity contribution is -0.170. The summed E-state index contributed by atoms with van der Waals surface area (Å²) >= 11 is 0. The Balaban J connectivity index is 1.41. The van der Waals surface area contributed by atoms with E-state index in [1.807, 2.05) is 32.2 Å².